The summed E-state index contributed by atoms with van der Waals surface area (Å²) in [6, 6.07) is 6.59. The highest BCUT2D eigenvalue weighted by molar-refractivity contribution is 6.00. The molecule has 1 aromatic carbocycles. The Labute approximate surface area is 106 Å². The zero-order valence-corrected chi connectivity index (χ0v) is 10.3. The molecule has 0 saturated heterocycles. The van der Waals surface area contributed by atoms with E-state index < -0.39 is 17.9 Å². The quantitative estimate of drug-likeness (QED) is 0.634. The van der Waals surface area contributed by atoms with E-state index in [9.17, 15) is 9.59 Å². The molecule has 1 unspecified atom stereocenters. The molecule has 5 nitrogen and oxygen atoms in total. The molecule has 1 rings (SSSR count). The maximum Gasteiger partial charge on any atom is 0.330 e. The van der Waals surface area contributed by atoms with Gasteiger partial charge in [0, 0.05) is 6.54 Å². The maximum atomic E-state index is 11.3. The molecule has 0 aromatic heterocycles. The van der Waals surface area contributed by atoms with Crippen LogP contribution in [0, 0.1) is 0 Å². The number of benzene rings is 1. The summed E-state index contributed by atoms with van der Waals surface area (Å²) >= 11 is 0. The van der Waals surface area contributed by atoms with Gasteiger partial charge in [0.05, 0.1) is 0 Å². The van der Waals surface area contributed by atoms with Crippen LogP contribution in [-0.4, -0.2) is 29.6 Å². The predicted octanol–water partition coefficient (Wildman–Crippen LogP) is 0.320. The van der Waals surface area contributed by atoms with Crippen LogP contribution in [0.25, 0.3) is 0 Å². The lowest BCUT2D eigenvalue weighted by Gasteiger charge is -2.08. The molecule has 1 aromatic rings. The van der Waals surface area contributed by atoms with Crippen LogP contribution in [0.2, 0.25) is 0 Å². The third-order valence-electron chi connectivity index (χ3n) is 2.69. The number of rotatable bonds is 6. The molecule has 0 heterocycles. The molecule has 0 saturated carbocycles. The Balaban J connectivity index is 2.37. The fourth-order valence-electron chi connectivity index (χ4n) is 1.49. The van der Waals surface area contributed by atoms with Crippen LogP contribution < -0.4 is 11.1 Å². The van der Waals surface area contributed by atoms with Crippen LogP contribution >= 0.6 is 0 Å². The van der Waals surface area contributed by atoms with Gasteiger partial charge in [-0.25, -0.2) is 4.79 Å². The molecule has 18 heavy (non-hydrogen) atoms. The number of amides is 1. The van der Waals surface area contributed by atoms with E-state index in [0.29, 0.717) is 13.0 Å². The van der Waals surface area contributed by atoms with Crippen molar-refractivity contribution in [3.05, 3.63) is 35.4 Å². The van der Waals surface area contributed by atoms with Crippen LogP contribution in [0.1, 0.15) is 18.1 Å². The molecule has 4 N–H and O–H groups in total. The van der Waals surface area contributed by atoms with Gasteiger partial charge < -0.3 is 16.2 Å². The SMILES string of the molecule is CCc1ccc(CCNC(=O)C(N)C(=O)O)cc1. The zero-order chi connectivity index (χ0) is 13.5. The zero-order valence-electron chi connectivity index (χ0n) is 10.3. The summed E-state index contributed by atoms with van der Waals surface area (Å²) in [5.74, 6) is -1.98. The standard InChI is InChI=1S/C13H18N2O3/c1-2-9-3-5-10(6-4-9)7-8-15-12(16)11(14)13(17)18/h3-6,11H,2,7-8,14H2,1H3,(H,15,16)(H,17,18). The number of nitrogens with one attached hydrogen (secondary N) is 1. The highest BCUT2D eigenvalue weighted by atomic mass is 16.4. The molecule has 0 spiro atoms. The van der Waals surface area contributed by atoms with Crippen molar-refractivity contribution in [2.45, 2.75) is 25.8 Å². The summed E-state index contributed by atoms with van der Waals surface area (Å²) in [7, 11) is 0. The van der Waals surface area contributed by atoms with Gasteiger partial charge in [-0.1, -0.05) is 31.2 Å². The lowest BCUT2D eigenvalue weighted by atomic mass is 10.1. The van der Waals surface area contributed by atoms with Gasteiger partial charge in [0.15, 0.2) is 6.04 Å². The van der Waals surface area contributed by atoms with Crippen molar-refractivity contribution < 1.29 is 14.7 Å². The smallest absolute Gasteiger partial charge is 0.330 e. The molecular formula is C13H18N2O3. The van der Waals surface area contributed by atoms with Gasteiger partial charge in [0.25, 0.3) is 0 Å². The monoisotopic (exact) mass is 250 g/mol. The molecule has 0 aliphatic rings. The number of nitrogens with two attached hydrogens (primary N) is 1. The molecule has 0 fully saturated rings. The number of carbonyl (C=O) groups excluding carboxylic acids is 1. The number of carbonyl (C=O) groups is 2. The van der Waals surface area contributed by atoms with E-state index in [1.54, 1.807) is 0 Å². The highest BCUT2D eigenvalue weighted by Gasteiger charge is 2.20. The van der Waals surface area contributed by atoms with E-state index >= 15 is 0 Å². The molecule has 0 aliphatic heterocycles. The number of hydrogen-bond donors (Lipinski definition) is 3. The lowest BCUT2D eigenvalue weighted by molar-refractivity contribution is -0.142. The molecule has 98 valence electrons. The molecule has 0 aliphatic carbocycles. The Kier molecular flexibility index (Phi) is 5.32. The Bertz CT molecular complexity index is 415. The van der Waals surface area contributed by atoms with Crippen molar-refractivity contribution in [3.8, 4) is 0 Å². The van der Waals surface area contributed by atoms with E-state index in [0.717, 1.165) is 12.0 Å². The second-order valence-electron chi connectivity index (χ2n) is 4.03. The topological polar surface area (TPSA) is 92.4 Å². The van der Waals surface area contributed by atoms with Gasteiger partial charge in [-0.15, -0.1) is 0 Å². The summed E-state index contributed by atoms with van der Waals surface area (Å²) in [4.78, 5) is 21.7. The first kappa shape index (κ1) is 14.2. The molecule has 0 radical (unpaired) electrons. The van der Waals surface area contributed by atoms with E-state index in [-0.39, 0.29) is 0 Å². The first-order valence-electron chi connectivity index (χ1n) is 5.88. The van der Waals surface area contributed by atoms with Gasteiger partial charge in [-0.3, -0.25) is 4.79 Å². The van der Waals surface area contributed by atoms with E-state index in [4.69, 9.17) is 10.8 Å². The first-order valence-corrected chi connectivity index (χ1v) is 5.88. The van der Waals surface area contributed by atoms with Crippen LogP contribution in [0.3, 0.4) is 0 Å². The van der Waals surface area contributed by atoms with Crippen molar-refractivity contribution in [2.24, 2.45) is 5.73 Å². The minimum absolute atomic E-state index is 0.380. The van der Waals surface area contributed by atoms with E-state index in [1.807, 2.05) is 24.3 Å². The normalized spacial score (nSPS) is 11.9. The summed E-state index contributed by atoms with van der Waals surface area (Å²) in [5.41, 5.74) is 7.52. The summed E-state index contributed by atoms with van der Waals surface area (Å²) in [5, 5.41) is 11.0. The Morgan fingerprint density at radius 1 is 1.28 bits per heavy atom. The van der Waals surface area contributed by atoms with Gasteiger partial charge in [-0.2, -0.15) is 0 Å². The van der Waals surface area contributed by atoms with Crippen molar-refractivity contribution >= 4 is 11.9 Å². The Morgan fingerprint density at radius 2 is 1.83 bits per heavy atom. The van der Waals surface area contributed by atoms with Crippen LogP contribution in [0.15, 0.2) is 24.3 Å². The predicted molar refractivity (Wildman–Crippen MR) is 68.1 cm³/mol. The highest BCUT2D eigenvalue weighted by Crippen LogP contribution is 2.05. The first-order chi connectivity index (χ1) is 8.54. The molecule has 1 amide bonds. The third-order valence-corrected chi connectivity index (χ3v) is 2.69. The number of hydrogen-bond acceptors (Lipinski definition) is 3. The van der Waals surface area contributed by atoms with Crippen molar-refractivity contribution in [1.82, 2.24) is 5.32 Å². The number of carboxylic acids is 1. The summed E-state index contributed by atoms with van der Waals surface area (Å²) in [6.45, 7) is 2.47. The van der Waals surface area contributed by atoms with Crippen molar-refractivity contribution in [1.29, 1.82) is 0 Å². The van der Waals surface area contributed by atoms with Gasteiger partial charge in [0.1, 0.15) is 0 Å². The molecule has 1 atom stereocenters. The fraction of sp³-hybridized carbons (Fsp3) is 0.385. The second kappa shape index (κ2) is 6.76. The van der Waals surface area contributed by atoms with Crippen LogP contribution in [0.4, 0.5) is 0 Å². The van der Waals surface area contributed by atoms with Gasteiger partial charge >= 0.3 is 5.97 Å². The lowest BCUT2D eigenvalue weighted by Crippen LogP contribution is -2.46. The second-order valence-corrected chi connectivity index (χ2v) is 4.03. The Morgan fingerprint density at radius 3 is 2.33 bits per heavy atom. The van der Waals surface area contributed by atoms with Crippen LogP contribution in [0.5, 0.6) is 0 Å². The minimum atomic E-state index is -1.49. The fourth-order valence-corrected chi connectivity index (χ4v) is 1.49. The van der Waals surface area contributed by atoms with Gasteiger partial charge in [-0.05, 0) is 24.0 Å². The molecular weight excluding hydrogens is 232 g/mol. The minimum Gasteiger partial charge on any atom is -0.480 e. The Hall–Kier alpha value is -1.88. The number of aryl methyl sites for hydroxylation is 1. The van der Waals surface area contributed by atoms with E-state index in [1.165, 1.54) is 5.56 Å². The molecule has 0 bridgehead atoms. The largest absolute Gasteiger partial charge is 0.480 e. The third kappa shape index (κ3) is 4.18. The number of aliphatic carboxylic acids is 1. The molecule has 5 heteroatoms. The van der Waals surface area contributed by atoms with Crippen LogP contribution in [-0.2, 0) is 22.4 Å². The van der Waals surface area contributed by atoms with Gasteiger partial charge in [0.2, 0.25) is 5.91 Å². The average Bonchev–Trinajstić information content (AvgIpc) is 2.38. The average molecular weight is 250 g/mol. The van der Waals surface area contributed by atoms with Crippen molar-refractivity contribution in [3.63, 3.8) is 0 Å². The summed E-state index contributed by atoms with van der Waals surface area (Å²) < 4.78 is 0. The van der Waals surface area contributed by atoms with Crippen molar-refractivity contribution in [2.75, 3.05) is 6.54 Å². The van der Waals surface area contributed by atoms with E-state index in [2.05, 4.69) is 12.2 Å². The number of carboxylic acid groups (broad SMARTS) is 1. The summed E-state index contributed by atoms with van der Waals surface area (Å²) in [6.07, 6.45) is 1.65. The maximum absolute atomic E-state index is 11.3.